The van der Waals surface area contributed by atoms with Crippen LogP contribution in [-0.2, 0) is 6.18 Å². The van der Waals surface area contributed by atoms with E-state index in [2.05, 4.69) is 9.97 Å². The predicted molar refractivity (Wildman–Crippen MR) is 62.4 cm³/mol. The molecule has 0 aliphatic carbocycles. The van der Waals surface area contributed by atoms with Crippen molar-refractivity contribution in [2.45, 2.75) is 6.18 Å². The van der Waals surface area contributed by atoms with E-state index < -0.39 is 11.7 Å². The van der Waals surface area contributed by atoms with E-state index in [1.807, 2.05) is 0 Å². The number of nitrogen functional groups attached to an aromatic ring is 2. The third kappa shape index (κ3) is 3.24. The van der Waals surface area contributed by atoms with Gasteiger partial charge in [0.15, 0.2) is 0 Å². The third-order valence-electron chi connectivity index (χ3n) is 2.12. The topological polar surface area (TPSA) is 87.0 Å². The average molecular weight is 270 g/mol. The van der Waals surface area contributed by atoms with Gasteiger partial charge < -0.3 is 16.2 Å². The van der Waals surface area contributed by atoms with E-state index in [1.165, 1.54) is 18.2 Å². The summed E-state index contributed by atoms with van der Waals surface area (Å²) in [6, 6.07) is 5.65. The highest BCUT2D eigenvalue weighted by Gasteiger charge is 2.30. The molecule has 19 heavy (non-hydrogen) atoms. The highest BCUT2D eigenvalue weighted by Crippen LogP contribution is 2.32. The van der Waals surface area contributed by atoms with Crippen LogP contribution in [0.3, 0.4) is 0 Å². The van der Waals surface area contributed by atoms with Gasteiger partial charge in [-0.25, -0.2) is 0 Å². The van der Waals surface area contributed by atoms with Gasteiger partial charge in [-0.05, 0) is 18.2 Å². The fourth-order valence-electron chi connectivity index (χ4n) is 1.37. The van der Waals surface area contributed by atoms with Gasteiger partial charge in [0, 0.05) is 6.07 Å². The molecule has 8 heteroatoms. The van der Waals surface area contributed by atoms with E-state index in [0.29, 0.717) is 0 Å². The molecular formula is C11H9F3N4O. The molecule has 0 amide bonds. The lowest BCUT2D eigenvalue weighted by molar-refractivity contribution is -0.137. The summed E-state index contributed by atoms with van der Waals surface area (Å²) >= 11 is 0. The second-order valence-electron chi connectivity index (χ2n) is 3.62. The van der Waals surface area contributed by atoms with Crippen LogP contribution in [0.15, 0.2) is 30.3 Å². The van der Waals surface area contributed by atoms with Gasteiger partial charge in [0.2, 0.25) is 11.8 Å². The number of nitrogens with two attached hydrogens (primary N) is 2. The maximum atomic E-state index is 12.5. The highest BCUT2D eigenvalue weighted by molar-refractivity contribution is 5.41. The highest BCUT2D eigenvalue weighted by atomic mass is 19.4. The van der Waals surface area contributed by atoms with Gasteiger partial charge in [0.05, 0.1) is 5.56 Å². The van der Waals surface area contributed by atoms with Gasteiger partial charge >= 0.3 is 6.18 Å². The maximum Gasteiger partial charge on any atom is 0.416 e. The summed E-state index contributed by atoms with van der Waals surface area (Å²) < 4.78 is 42.7. The fourth-order valence-corrected chi connectivity index (χ4v) is 1.37. The van der Waals surface area contributed by atoms with Gasteiger partial charge in [-0.15, -0.1) is 0 Å². The Hall–Kier alpha value is -2.51. The first-order valence-electron chi connectivity index (χ1n) is 5.10. The van der Waals surface area contributed by atoms with Crippen LogP contribution in [0.1, 0.15) is 5.56 Å². The molecule has 0 spiro atoms. The first-order chi connectivity index (χ1) is 8.84. The van der Waals surface area contributed by atoms with Crippen molar-refractivity contribution in [1.82, 2.24) is 9.97 Å². The number of nitrogens with zero attached hydrogens (tertiary/aromatic N) is 2. The first-order valence-corrected chi connectivity index (χ1v) is 5.10. The van der Waals surface area contributed by atoms with Gasteiger partial charge in [-0.2, -0.15) is 23.1 Å². The summed E-state index contributed by atoms with van der Waals surface area (Å²) in [6.45, 7) is 0. The number of hydrogen-bond donors (Lipinski definition) is 2. The van der Waals surface area contributed by atoms with Crippen LogP contribution in [0, 0.1) is 0 Å². The predicted octanol–water partition coefficient (Wildman–Crippen LogP) is 2.45. The summed E-state index contributed by atoms with van der Waals surface area (Å²) in [4.78, 5) is 7.32. The number of anilines is 2. The van der Waals surface area contributed by atoms with Crippen LogP contribution in [-0.4, -0.2) is 9.97 Å². The largest absolute Gasteiger partial charge is 0.439 e. The minimum atomic E-state index is -4.44. The van der Waals surface area contributed by atoms with E-state index in [-0.39, 0.29) is 23.4 Å². The van der Waals surface area contributed by atoms with Crippen molar-refractivity contribution in [1.29, 1.82) is 0 Å². The number of halogens is 3. The lowest BCUT2D eigenvalue weighted by Crippen LogP contribution is -2.05. The molecule has 0 saturated heterocycles. The van der Waals surface area contributed by atoms with Gasteiger partial charge in [-0.3, -0.25) is 0 Å². The van der Waals surface area contributed by atoms with Crippen molar-refractivity contribution >= 4 is 11.8 Å². The Bertz CT molecular complexity index is 580. The molecule has 2 rings (SSSR count). The van der Waals surface area contributed by atoms with Crippen LogP contribution in [0.2, 0.25) is 0 Å². The Balaban J connectivity index is 2.28. The van der Waals surface area contributed by atoms with Crippen molar-refractivity contribution in [3.05, 3.63) is 35.9 Å². The molecule has 0 fully saturated rings. The Kier molecular flexibility index (Phi) is 3.16. The summed E-state index contributed by atoms with van der Waals surface area (Å²) in [5, 5.41) is 0. The molecule has 1 heterocycles. The fraction of sp³-hybridized carbons (Fsp3) is 0.0909. The zero-order valence-corrected chi connectivity index (χ0v) is 9.48. The smallest absolute Gasteiger partial charge is 0.416 e. The maximum absolute atomic E-state index is 12.5. The van der Waals surface area contributed by atoms with Gasteiger partial charge in [0.25, 0.3) is 0 Å². The quantitative estimate of drug-likeness (QED) is 0.875. The molecular weight excluding hydrogens is 261 g/mol. The number of rotatable bonds is 2. The molecule has 5 nitrogen and oxygen atoms in total. The number of aromatic nitrogens is 2. The van der Waals surface area contributed by atoms with E-state index in [1.54, 1.807) is 0 Å². The van der Waals surface area contributed by atoms with E-state index in [4.69, 9.17) is 16.2 Å². The van der Waals surface area contributed by atoms with E-state index >= 15 is 0 Å². The number of ether oxygens (including phenoxy) is 1. The van der Waals surface area contributed by atoms with Crippen LogP contribution in [0.5, 0.6) is 11.6 Å². The molecule has 100 valence electrons. The van der Waals surface area contributed by atoms with Crippen LogP contribution >= 0.6 is 0 Å². The number of hydrogen-bond acceptors (Lipinski definition) is 5. The van der Waals surface area contributed by atoms with E-state index in [0.717, 1.165) is 12.1 Å². The van der Waals surface area contributed by atoms with Crippen molar-refractivity contribution in [2.24, 2.45) is 0 Å². The Labute approximate surface area is 106 Å². The SMILES string of the molecule is Nc1cc(Oc2cccc(C(F)(F)F)c2)nc(N)n1. The van der Waals surface area contributed by atoms with Crippen molar-refractivity contribution < 1.29 is 17.9 Å². The summed E-state index contributed by atoms with van der Waals surface area (Å²) in [6.07, 6.45) is -4.44. The molecule has 0 aliphatic rings. The molecule has 0 atom stereocenters. The summed E-state index contributed by atoms with van der Waals surface area (Å²) in [5.74, 6) is -0.104. The zero-order chi connectivity index (χ0) is 14.0. The van der Waals surface area contributed by atoms with Crippen LogP contribution in [0.25, 0.3) is 0 Å². The van der Waals surface area contributed by atoms with Crippen molar-refractivity contribution in [3.63, 3.8) is 0 Å². The zero-order valence-electron chi connectivity index (χ0n) is 9.48. The summed E-state index contributed by atoms with van der Waals surface area (Å²) in [5.41, 5.74) is 9.95. The molecule has 0 saturated carbocycles. The van der Waals surface area contributed by atoms with Gasteiger partial charge in [0.1, 0.15) is 11.6 Å². The van der Waals surface area contributed by atoms with Crippen LogP contribution < -0.4 is 16.2 Å². The lowest BCUT2D eigenvalue weighted by atomic mass is 10.2. The number of alkyl halides is 3. The molecule has 4 N–H and O–H groups in total. The second-order valence-corrected chi connectivity index (χ2v) is 3.62. The monoisotopic (exact) mass is 270 g/mol. The molecule has 0 unspecified atom stereocenters. The lowest BCUT2D eigenvalue weighted by Gasteiger charge is -2.09. The molecule has 0 aliphatic heterocycles. The van der Waals surface area contributed by atoms with Crippen molar-refractivity contribution in [3.8, 4) is 11.6 Å². The van der Waals surface area contributed by atoms with E-state index in [9.17, 15) is 13.2 Å². The minimum absolute atomic E-state index is 0.0210. The molecule has 0 radical (unpaired) electrons. The van der Waals surface area contributed by atoms with Crippen molar-refractivity contribution in [2.75, 3.05) is 11.5 Å². The molecule has 1 aromatic heterocycles. The second kappa shape index (κ2) is 4.63. The number of benzene rings is 1. The Morgan fingerprint density at radius 3 is 2.42 bits per heavy atom. The standard InChI is InChI=1S/C11H9F3N4O/c12-11(13,14)6-2-1-3-7(4-6)19-9-5-8(15)17-10(16)18-9/h1-5H,(H4,15,16,17,18). The third-order valence-corrected chi connectivity index (χ3v) is 2.12. The molecule has 0 bridgehead atoms. The Morgan fingerprint density at radius 2 is 1.79 bits per heavy atom. The summed E-state index contributed by atoms with van der Waals surface area (Å²) in [7, 11) is 0. The normalized spacial score (nSPS) is 11.3. The van der Waals surface area contributed by atoms with Gasteiger partial charge in [-0.1, -0.05) is 6.07 Å². The minimum Gasteiger partial charge on any atom is -0.439 e. The average Bonchev–Trinajstić information content (AvgIpc) is 2.26. The Morgan fingerprint density at radius 1 is 1.05 bits per heavy atom. The van der Waals surface area contributed by atoms with Crippen LogP contribution in [0.4, 0.5) is 24.9 Å². The molecule has 2 aromatic rings. The molecule has 1 aromatic carbocycles. The first kappa shape index (κ1) is 12.9.